The van der Waals surface area contributed by atoms with Gasteiger partial charge in [-0.15, -0.1) is 16.8 Å². The van der Waals surface area contributed by atoms with Gasteiger partial charge in [-0.25, -0.2) is 0 Å². The smallest absolute Gasteiger partial charge is 0.234 e. The number of carbonyl (C=O) groups excluding carboxylic acids is 1. The maximum atomic E-state index is 12.5. The van der Waals surface area contributed by atoms with Crippen LogP contribution in [0.25, 0.3) is 11.4 Å². The summed E-state index contributed by atoms with van der Waals surface area (Å²) >= 11 is 1.36. The quantitative estimate of drug-likeness (QED) is 0.434. The SMILES string of the molecule is C=CCn1c(SCC(=O)Nc2c(C)nn(C)c2C)nnc1-c1ccc(C(C)(C)C)cc1. The molecule has 0 bridgehead atoms. The third-order valence-corrected chi connectivity index (χ3v) is 6.11. The number of amides is 1. The van der Waals surface area contributed by atoms with E-state index in [0.29, 0.717) is 11.7 Å². The van der Waals surface area contributed by atoms with E-state index in [2.05, 4.69) is 72.2 Å². The van der Waals surface area contributed by atoms with Gasteiger partial charge in [0.2, 0.25) is 5.91 Å². The lowest BCUT2D eigenvalue weighted by atomic mass is 9.87. The topological polar surface area (TPSA) is 77.6 Å². The number of thioether (sulfide) groups is 1. The van der Waals surface area contributed by atoms with Gasteiger partial charge in [0.25, 0.3) is 0 Å². The van der Waals surface area contributed by atoms with Gasteiger partial charge in [0.15, 0.2) is 11.0 Å². The minimum absolute atomic E-state index is 0.0900. The predicted octanol–water partition coefficient (Wildman–Crippen LogP) is 4.51. The largest absolute Gasteiger partial charge is 0.322 e. The van der Waals surface area contributed by atoms with Gasteiger partial charge in [0.1, 0.15) is 0 Å². The fourth-order valence-corrected chi connectivity index (χ4v) is 4.03. The Morgan fingerprint density at radius 3 is 2.42 bits per heavy atom. The van der Waals surface area contributed by atoms with Crippen LogP contribution in [0.5, 0.6) is 0 Å². The van der Waals surface area contributed by atoms with E-state index in [1.807, 2.05) is 31.5 Å². The summed E-state index contributed by atoms with van der Waals surface area (Å²) in [5.74, 6) is 0.891. The summed E-state index contributed by atoms with van der Waals surface area (Å²) in [4.78, 5) is 12.5. The molecule has 3 rings (SSSR count). The summed E-state index contributed by atoms with van der Waals surface area (Å²) in [5.41, 5.74) is 4.83. The van der Waals surface area contributed by atoms with Crippen molar-refractivity contribution in [1.29, 1.82) is 0 Å². The van der Waals surface area contributed by atoms with Crippen LogP contribution in [0.3, 0.4) is 0 Å². The summed E-state index contributed by atoms with van der Waals surface area (Å²) < 4.78 is 3.74. The van der Waals surface area contributed by atoms with Crippen molar-refractivity contribution < 1.29 is 4.79 Å². The van der Waals surface area contributed by atoms with Crippen LogP contribution in [0.15, 0.2) is 42.1 Å². The Labute approximate surface area is 188 Å². The fourth-order valence-electron chi connectivity index (χ4n) is 3.28. The lowest BCUT2D eigenvalue weighted by Gasteiger charge is -2.19. The number of aryl methyl sites for hydroxylation is 2. The second-order valence-electron chi connectivity index (χ2n) is 8.54. The molecular formula is C23H30N6OS. The fraction of sp³-hybridized carbons (Fsp3) is 0.391. The lowest BCUT2D eigenvalue weighted by Crippen LogP contribution is -2.16. The molecular weight excluding hydrogens is 408 g/mol. The minimum atomic E-state index is -0.103. The average Bonchev–Trinajstić information content (AvgIpc) is 3.22. The van der Waals surface area contributed by atoms with Crippen LogP contribution in [0.4, 0.5) is 5.69 Å². The highest BCUT2D eigenvalue weighted by Gasteiger charge is 2.18. The van der Waals surface area contributed by atoms with Gasteiger partial charge in [-0.1, -0.05) is 62.9 Å². The molecule has 0 radical (unpaired) electrons. The minimum Gasteiger partial charge on any atom is -0.322 e. The summed E-state index contributed by atoms with van der Waals surface area (Å²) in [6.45, 7) is 14.8. The molecule has 2 aromatic heterocycles. The molecule has 0 fully saturated rings. The number of anilines is 1. The Bertz CT molecular complexity index is 1090. The van der Waals surface area contributed by atoms with Crippen molar-refractivity contribution in [3.63, 3.8) is 0 Å². The van der Waals surface area contributed by atoms with E-state index in [4.69, 9.17) is 0 Å². The first-order valence-corrected chi connectivity index (χ1v) is 11.2. The van der Waals surface area contributed by atoms with Crippen molar-refractivity contribution in [2.75, 3.05) is 11.1 Å². The number of carbonyl (C=O) groups is 1. The summed E-state index contributed by atoms with van der Waals surface area (Å²) in [6.07, 6.45) is 1.81. The molecule has 2 heterocycles. The highest BCUT2D eigenvalue weighted by atomic mass is 32.2. The first-order valence-electron chi connectivity index (χ1n) is 10.2. The third-order valence-electron chi connectivity index (χ3n) is 5.14. The van der Waals surface area contributed by atoms with Crippen LogP contribution in [-0.2, 0) is 23.8 Å². The highest BCUT2D eigenvalue weighted by Crippen LogP contribution is 2.28. The van der Waals surface area contributed by atoms with Crippen LogP contribution in [0.1, 0.15) is 37.7 Å². The van der Waals surface area contributed by atoms with Crippen molar-refractivity contribution in [1.82, 2.24) is 24.5 Å². The molecule has 3 aromatic rings. The molecule has 0 unspecified atom stereocenters. The monoisotopic (exact) mass is 438 g/mol. The Hall–Kier alpha value is -2.87. The molecule has 1 aromatic carbocycles. The van der Waals surface area contributed by atoms with E-state index in [9.17, 15) is 4.79 Å². The zero-order valence-electron chi connectivity index (χ0n) is 19.1. The van der Waals surface area contributed by atoms with E-state index in [-0.39, 0.29) is 17.1 Å². The van der Waals surface area contributed by atoms with Gasteiger partial charge < -0.3 is 5.32 Å². The second kappa shape index (κ2) is 9.09. The summed E-state index contributed by atoms with van der Waals surface area (Å²) in [5, 5.41) is 16.7. The number of aromatic nitrogens is 5. The van der Waals surface area contributed by atoms with E-state index < -0.39 is 0 Å². The van der Waals surface area contributed by atoms with E-state index in [1.165, 1.54) is 17.3 Å². The number of hydrogen-bond acceptors (Lipinski definition) is 5. The number of allylic oxidation sites excluding steroid dienone is 1. The molecule has 0 saturated carbocycles. The normalized spacial score (nSPS) is 11.5. The van der Waals surface area contributed by atoms with Crippen LogP contribution in [-0.4, -0.2) is 36.2 Å². The molecule has 0 aliphatic heterocycles. The van der Waals surface area contributed by atoms with Crippen LogP contribution in [0.2, 0.25) is 0 Å². The van der Waals surface area contributed by atoms with Crippen LogP contribution >= 0.6 is 11.8 Å². The standard InChI is InChI=1S/C23H30N6OS/c1-8-13-29-21(17-9-11-18(12-10-17)23(4,5)6)25-26-22(29)31-14-19(30)24-20-15(2)27-28(7)16(20)3/h8-12H,1,13-14H2,2-7H3,(H,24,30). The van der Waals surface area contributed by atoms with Crippen LogP contribution < -0.4 is 5.32 Å². The molecule has 0 saturated heterocycles. The number of nitrogens with one attached hydrogen (secondary N) is 1. The lowest BCUT2D eigenvalue weighted by molar-refractivity contribution is -0.113. The molecule has 164 valence electrons. The van der Waals surface area contributed by atoms with Crippen molar-refractivity contribution in [3.05, 3.63) is 53.9 Å². The molecule has 7 nitrogen and oxygen atoms in total. The van der Waals surface area contributed by atoms with Gasteiger partial charge >= 0.3 is 0 Å². The molecule has 1 amide bonds. The predicted molar refractivity (Wildman–Crippen MR) is 126 cm³/mol. The molecule has 1 N–H and O–H groups in total. The Balaban J connectivity index is 1.76. The number of hydrogen-bond donors (Lipinski definition) is 1. The molecule has 0 aliphatic carbocycles. The first kappa shape index (κ1) is 22.8. The molecule has 0 aliphatic rings. The van der Waals surface area contributed by atoms with Crippen molar-refractivity contribution in [2.24, 2.45) is 7.05 Å². The molecule has 0 atom stereocenters. The number of benzene rings is 1. The van der Waals surface area contributed by atoms with Gasteiger partial charge in [0.05, 0.1) is 22.8 Å². The average molecular weight is 439 g/mol. The van der Waals surface area contributed by atoms with E-state index in [1.54, 1.807) is 4.68 Å². The Kier molecular flexibility index (Phi) is 6.69. The molecule has 8 heteroatoms. The maximum absolute atomic E-state index is 12.5. The van der Waals surface area contributed by atoms with Gasteiger partial charge in [-0.2, -0.15) is 5.10 Å². The highest BCUT2D eigenvalue weighted by molar-refractivity contribution is 7.99. The van der Waals surface area contributed by atoms with Gasteiger partial charge in [0, 0.05) is 19.2 Å². The number of nitrogens with zero attached hydrogens (tertiary/aromatic N) is 5. The summed E-state index contributed by atoms with van der Waals surface area (Å²) in [6, 6.07) is 8.39. The van der Waals surface area contributed by atoms with Gasteiger partial charge in [-0.05, 0) is 24.8 Å². The Morgan fingerprint density at radius 2 is 1.87 bits per heavy atom. The van der Waals surface area contributed by atoms with Crippen molar-refractivity contribution in [3.8, 4) is 11.4 Å². The van der Waals surface area contributed by atoms with Crippen LogP contribution in [0, 0.1) is 13.8 Å². The molecule has 31 heavy (non-hydrogen) atoms. The second-order valence-corrected chi connectivity index (χ2v) is 9.48. The van der Waals surface area contributed by atoms with E-state index in [0.717, 1.165) is 28.5 Å². The molecule has 0 spiro atoms. The van der Waals surface area contributed by atoms with Gasteiger partial charge in [-0.3, -0.25) is 14.0 Å². The first-order chi connectivity index (χ1) is 14.6. The van der Waals surface area contributed by atoms with Crippen molar-refractivity contribution >= 4 is 23.4 Å². The zero-order chi connectivity index (χ0) is 22.8. The number of rotatable bonds is 7. The Morgan fingerprint density at radius 1 is 1.19 bits per heavy atom. The van der Waals surface area contributed by atoms with Crippen molar-refractivity contribution in [2.45, 2.75) is 51.7 Å². The zero-order valence-corrected chi connectivity index (χ0v) is 19.9. The summed E-state index contributed by atoms with van der Waals surface area (Å²) in [7, 11) is 1.86. The maximum Gasteiger partial charge on any atom is 0.234 e. The third kappa shape index (κ3) is 5.07. The van der Waals surface area contributed by atoms with E-state index >= 15 is 0 Å².